The first kappa shape index (κ1) is 22.8. The van der Waals surface area contributed by atoms with Crippen molar-refractivity contribution < 1.29 is 13.8 Å². The van der Waals surface area contributed by atoms with Gasteiger partial charge in [0.15, 0.2) is 6.10 Å². The fraction of sp³-hybridized carbons (Fsp3) is 0.682. The SMILES string of the molecule is CCCCCc1ccc(OC(CCCC)C(=O)OCl)c(CCCCC)c1. The Balaban J connectivity index is 2.91. The number of hydrogen-bond acceptors (Lipinski definition) is 3. The van der Waals surface area contributed by atoms with Crippen LogP contribution in [0.25, 0.3) is 0 Å². The van der Waals surface area contributed by atoms with E-state index in [1.807, 2.05) is 6.07 Å². The fourth-order valence-electron chi connectivity index (χ4n) is 3.06. The predicted molar refractivity (Wildman–Crippen MR) is 109 cm³/mol. The van der Waals surface area contributed by atoms with Gasteiger partial charge < -0.3 is 9.03 Å². The summed E-state index contributed by atoms with van der Waals surface area (Å²) in [5.74, 6) is 0.287. The molecule has 1 unspecified atom stereocenters. The normalized spacial score (nSPS) is 12.0. The maximum absolute atomic E-state index is 12.0. The molecule has 0 saturated heterocycles. The van der Waals surface area contributed by atoms with E-state index in [9.17, 15) is 4.79 Å². The monoisotopic (exact) mass is 382 g/mol. The number of halogens is 1. The second-order valence-electron chi connectivity index (χ2n) is 7.00. The second-order valence-corrected chi connectivity index (χ2v) is 7.16. The van der Waals surface area contributed by atoms with Gasteiger partial charge in [-0.25, -0.2) is 4.79 Å². The highest BCUT2D eigenvalue weighted by molar-refractivity contribution is 6.13. The first-order valence-electron chi connectivity index (χ1n) is 10.3. The van der Waals surface area contributed by atoms with Gasteiger partial charge in [0.25, 0.3) is 0 Å². The molecule has 1 aromatic carbocycles. The zero-order valence-electron chi connectivity index (χ0n) is 16.7. The highest BCUT2D eigenvalue weighted by atomic mass is 35.5. The van der Waals surface area contributed by atoms with Crippen LogP contribution in [0.5, 0.6) is 5.75 Å². The van der Waals surface area contributed by atoms with Crippen LogP contribution in [-0.4, -0.2) is 12.1 Å². The van der Waals surface area contributed by atoms with Crippen LogP contribution in [-0.2, 0) is 21.9 Å². The second kappa shape index (κ2) is 13.9. The van der Waals surface area contributed by atoms with Crippen LogP contribution in [0.4, 0.5) is 0 Å². The number of aryl methyl sites for hydroxylation is 2. The van der Waals surface area contributed by atoms with E-state index in [1.165, 1.54) is 43.2 Å². The van der Waals surface area contributed by atoms with Crippen molar-refractivity contribution in [3.8, 4) is 5.75 Å². The molecule has 1 aromatic rings. The molecule has 1 rings (SSSR count). The lowest BCUT2D eigenvalue weighted by molar-refractivity contribution is -0.142. The standard InChI is InChI=1S/C22H35ClO3/c1-4-7-10-12-18-15-16-20(19(17-18)13-11-8-5-2)25-21(14-9-6-3)22(24)26-23/h15-17,21H,4-14H2,1-3H3. The van der Waals surface area contributed by atoms with Gasteiger partial charge in [-0.1, -0.05) is 65.0 Å². The fourth-order valence-corrected chi connectivity index (χ4v) is 3.16. The van der Waals surface area contributed by atoms with Gasteiger partial charge in [-0.2, -0.15) is 0 Å². The van der Waals surface area contributed by atoms with E-state index in [0.717, 1.165) is 37.9 Å². The van der Waals surface area contributed by atoms with E-state index < -0.39 is 12.1 Å². The summed E-state index contributed by atoms with van der Waals surface area (Å²) >= 11 is 5.30. The molecule has 3 nitrogen and oxygen atoms in total. The quantitative estimate of drug-likeness (QED) is 0.332. The lowest BCUT2D eigenvalue weighted by atomic mass is 10.00. The third-order valence-corrected chi connectivity index (χ3v) is 4.82. The van der Waals surface area contributed by atoms with Crippen LogP contribution in [0, 0.1) is 0 Å². The van der Waals surface area contributed by atoms with Crippen LogP contribution in [0.1, 0.15) is 89.7 Å². The van der Waals surface area contributed by atoms with E-state index in [1.54, 1.807) is 0 Å². The van der Waals surface area contributed by atoms with E-state index in [2.05, 4.69) is 37.2 Å². The molecule has 1 atom stereocenters. The number of ether oxygens (including phenoxy) is 1. The van der Waals surface area contributed by atoms with Gasteiger partial charge in [0.2, 0.25) is 0 Å². The van der Waals surface area contributed by atoms with Gasteiger partial charge in [0, 0.05) is 0 Å². The van der Waals surface area contributed by atoms with Crippen LogP contribution in [0.2, 0.25) is 0 Å². The number of rotatable bonds is 14. The highest BCUT2D eigenvalue weighted by Crippen LogP contribution is 2.26. The van der Waals surface area contributed by atoms with Gasteiger partial charge in [-0.05, 0) is 55.7 Å². The van der Waals surface area contributed by atoms with Gasteiger partial charge in [-0.15, -0.1) is 0 Å². The van der Waals surface area contributed by atoms with E-state index in [0.29, 0.717) is 6.42 Å². The number of hydrogen-bond donors (Lipinski definition) is 0. The van der Waals surface area contributed by atoms with Crippen molar-refractivity contribution >= 4 is 17.8 Å². The molecule has 0 aliphatic carbocycles. The summed E-state index contributed by atoms with van der Waals surface area (Å²) in [6.45, 7) is 6.51. The minimum atomic E-state index is -0.636. The van der Waals surface area contributed by atoms with Gasteiger partial charge in [0.1, 0.15) is 17.6 Å². The molecule has 0 radical (unpaired) electrons. The average Bonchev–Trinajstić information content (AvgIpc) is 2.66. The molecular formula is C22H35ClO3. The van der Waals surface area contributed by atoms with Crippen LogP contribution in [0.3, 0.4) is 0 Å². The number of benzene rings is 1. The maximum atomic E-state index is 12.0. The van der Waals surface area contributed by atoms with Crippen molar-refractivity contribution in [1.82, 2.24) is 0 Å². The Labute approximate surface area is 164 Å². The lowest BCUT2D eigenvalue weighted by Gasteiger charge is -2.19. The van der Waals surface area contributed by atoms with Crippen LogP contribution in [0.15, 0.2) is 18.2 Å². The van der Waals surface area contributed by atoms with Gasteiger partial charge in [0.05, 0.1) is 0 Å². The maximum Gasteiger partial charge on any atom is 0.365 e. The summed E-state index contributed by atoms with van der Waals surface area (Å²) in [5, 5.41) is 0. The average molecular weight is 383 g/mol. The Hall–Kier alpha value is -1.22. The summed E-state index contributed by atoms with van der Waals surface area (Å²) in [4.78, 5) is 12.0. The molecule has 0 saturated carbocycles. The lowest BCUT2D eigenvalue weighted by Crippen LogP contribution is -2.28. The van der Waals surface area contributed by atoms with Crippen molar-refractivity contribution in [3.05, 3.63) is 29.3 Å². The molecule has 0 bridgehead atoms. The van der Waals surface area contributed by atoms with Crippen molar-refractivity contribution in [3.63, 3.8) is 0 Å². The smallest absolute Gasteiger partial charge is 0.365 e. The molecule has 0 fully saturated rings. The minimum Gasteiger partial charge on any atom is -0.478 e. The molecule has 0 aromatic heterocycles. The van der Waals surface area contributed by atoms with E-state index in [4.69, 9.17) is 16.6 Å². The zero-order chi connectivity index (χ0) is 19.2. The van der Waals surface area contributed by atoms with Crippen molar-refractivity contribution in [2.75, 3.05) is 0 Å². The first-order chi connectivity index (χ1) is 12.7. The molecule has 4 heteroatoms. The number of carbonyl (C=O) groups excluding carboxylic acids is 1. The third kappa shape index (κ3) is 8.44. The molecule has 0 aliphatic rings. The van der Waals surface area contributed by atoms with Crippen LogP contribution >= 0.6 is 11.9 Å². The van der Waals surface area contributed by atoms with E-state index >= 15 is 0 Å². The molecule has 0 aliphatic heterocycles. The largest absolute Gasteiger partial charge is 0.478 e. The molecule has 26 heavy (non-hydrogen) atoms. The summed E-state index contributed by atoms with van der Waals surface area (Å²) < 4.78 is 10.5. The molecule has 0 amide bonds. The Morgan fingerprint density at radius 2 is 1.62 bits per heavy atom. The zero-order valence-corrected chi connectivity index (χ0v) is 17.4. The summed E-state index contributed by atoms with van der Waals surface area (Å²) in [6, 6.07) is 6.39. The molecule has 0 N–H and O–H groups in total. The Bertz CT molecular complexity index is 516. The minimum absolute atomic E-state index is 0.508. The van der Waals surface area contributed by atoms with Gasteiger partial charge >= 0.3 is 5.97 Å². The van der Waals surface area contributed by atoms with Gasteiger partial charge in [-0.3, -0.25) is 0 Å². The van der Waals surface area contributed by atoms with Crippen molar-refractivity contribution in [1.29, 1.82) is 0 Å². The Morgan fingerprint density at radius 1 is 0.962 bits per heavy atom. The molecule has 148 valence electrons. The summed E-state index contributed by atoms with van der Waals surface area (Å²) in [5.41, 5.74) is 2.54. The third-order valence-electron chi connectivity index (χ3n) is 4.67. The topological polar surface area (TPSA) is 35.5 Å². The summed E-state index contributed by atoms with van der Waals surface area (Å²) in [7, 11) is 0. The Morgan fingerprint density at radius 3 is 2.23 bits per heavy atom. The molecular weight excluding hydrogens is 348 g/mol. The van der Waals surface area contributed by atoms with E-state index in [-0.39, 0.29) is 0 Å². The van der Waals surface area contributed by atoms with Crippen LogP contribution < -0.4 is 4.74 Å². The number of unbranched alkanes of at least 4 members (excludes halogenated alkanes) is 5. The van der Waals surface area contributed by atoms with Crippen molar-refractivity contribution in [2.45, 2.75) is 97.5 Å². The molecule has 0 heterocycles. The van der Waals surface area contributed by atoms with Crippen molar-refractivity contribution in [2.24, 2.45) is 0 Å². The summed E-state index contributed by atoms with van der Waals surface area (Å²) in [6.07, 6.45) is 11.2. The molecule has 0 spiro atoms. The first-order valence-corrected chi connectivity index (χ1v) is 10.6. The number of carbonyl (C=O) groups is 1. The predicted octanol–water partition coefficient (Wildman–Crippen LogP) is 6.79. The Kier molecular flexibility index (Phi) is 12.2. The highest BCUT2D eigenvalue weighted by Gasteiger charge is 2.23.